The van der Waals surface area contributed by atoms with Crippen molar-refractivity contribution in [2.45, 2.75) is 19.8 Å². The molecule has 7 nitrogen and oxygen atoms in total. The zero-order valence-corrected chi connectivity index (χ0v) is 19.3. The Kier molecular flexibility index (Phi) is 7.99. The molecule has 9 heteroatoms. The van der Waals surface area contributed by atoms with E-state index < -0.39 is 18.5 Å². The molecule has 0 radical (unpaired) electrons. The summed E-state index contributed by atoms with van der Waals surface area (Å²) >= 11 is 11.9. The zero-order valence-electron chi connectivity index (χ0n) is 17.8. The van der Waals surface area contributed by atoms with Crippen LogP contribution in [0, 0.1) is 12.8 Å². The second-order valence-electron chi connectivity index (χ2n) is 7.53. The van der Waals surface area contributed by atoms with Crippen LogP contribution in [0.3, 0.4) is 0 Å². The number of amides is 2. The maximum absolute atomic E-state index is 12.6. The summed E-state index contributed by atoms with van der Waals surface area (Å²) in [6.45, 7) is 2.28. The number of carbonyl (C=O) groups is 3. The van der Waals surface area contributed by atoms with Gasteiger partial charge >= 0.3 is 5.97 Å². The van der Waals surface area contributed by atoms with E-state index in [1.165, 1.54) is 7.11 Å². The largest absolute Gasteiger partial charge is 0.495 e. The summed E-state index contributed by atoms with van der Waals surface area (Å²) < 4.78 is 10.4. The van der Waals surface area contributed by atoms with Gasteiger partial charge in [-0.1, -0.05) is 23.2 Å². The van der Waals surface area contributed by atoms with E-state index in [-0.39, 0.29) is 11.8 Å². The topological polar surface area (TPSA) is 84.9 Å². The molecule has 170 valence electrons. The Hall–Kier alpha value is -2.77. The minimum atomic E-state index is -0.478. The van der Waals surface area contributed by atoms with Crippen molar-refractivity contribution in [3.05, 3.63) is 57.6 Å². The SMILES string of the molecule is COc1cc(Cl)c(C)cc1NC(=O)COC(=O)C1CCN(C(=O)c2ccc(Cl)cc2)CC1. The van der Waals surface area contributed by atoms with Gasteiger partial charge in [0.05, 0.1) is 18.7 Å². The number of esters is 1. The maximum Gasteiger partial charge on any atom is 0.309 e. The summed E-state index contributed by atoms with van der Waals surface area (Å²) in [6, 6.07) is 10.0. The molecule has 32 heavy (non-hydrogen) atoms. The molecule has 1 aliphatic rings. The number of ether oxygens (including phenoxy) is 2. The number of rotatable bonds is 6. The van der Waals surface area contributed by atoms with Crippen LogP contribution < -0.4 is 10.1 Å². The van der Waals surface area contributed by atoms with Crippen LogP contribution in [0.25, 0.3) is 0 Å². The highest BCUT2D eigenvalue weighted by Gasteiger charge is 2.29. The van der Waals surface area contributed by atoms with Crippen LogP contribution in [0.15, 0.2) is 36.4 Å². The minimum absolute atomic E-state index is 0.0972. The van der Waals surface area contributed by atoms with Crippen molar-refractivity contribution < 1.29 is 23.9 Å². The van der Waals surface area contributed by atoms with E-state index in [4.69, 9.17) is 32.7 Å². The first-order valence-electron chi connectivity index (χ1n) is 10.1. The Morgan fingerprint density at radius 2 is 1.75 bits per heavy atom. The van der Waals surface area contributed by atoms with E-state index in [1.54, 1.807) is 41.3 Å². The standard InChI is InChI=1S/C23H24Cl2N2O5/c1-14-11-19(20(31-2)12-18(14)25)26-21(28)13-32-23(30)16-7-9-27(10-8-16)22(29)15-3-5-17(24)6-4-15/h3-6,11-12,16H,7-10,13H2,1-2H3,(H,26,28). The number of likely N-dealkylation sites (tertiary alicyclic amines) is 1. The van der Waals surface area contributed by atoms with Crippen molar-refractivity contribution in [2.24, 2.45) is 5.92 Å². The monoisotopic (exact) mass is 478 g/mol. The van der Waals surface area contributed by atoms with E-state index in [2.05, 4.69) is 5.32 Å². The molecule has 2 aromatic carbocycles. The van der Waals surface area contributed by atoms with Gasteiger partial charge in [0.25, 0.3) is 11.8 Å². The third kappa shape index (κ3) is 5.93. The molecule has 0 aromatic heterocycles. The summed E-state index contributed by atoms with van der Waals surface area (Å²) in [5, 5.41) is 3.76. The molecule has 0 atom stereocenters. The van der Waals surface area contributed by atoms with Crippen LogP contribution in [0.1, 0.15) is 28.8 Å². The van der Waals surface area contributed by atoms with Crippen molar-refractivity contribution in [1.82, 2.24) is 4.90 Å². The number of nitrogens with one attached hydrogen (secondary N) is 1. The Balaban J connectivity index is 1.47. The Morgan fingerprint density at radius 3 is 2.38 bits per heavy atom. The number of piperidine rings is 1. The van der Waals surface area contributed by atoms with Crippen molar-refractivity contribution in [2.75, 3.05) is 32.1 Å². The van der Waals surface area contributed by atoms with Gasteiger partial charge in [0.2, 0.25) is 0 Å². The molecule has 1 fully saturated rings. The molecule has 0 bridgehead atoms. The average molecular weight is 479 g/mol. The van der Waals surface area contributed by atoms with Crippen molar-refractivity contribution in [3.8, 4) is 5.75 Å². The second-order valence-corrected chi connectivity index (χ2v) is 8.37. The predicted molar refractivity (Wildman–Crippen MR) is 122 cm³/mol. The van der Waals surface area contributed by atoms with Gasteiger partial charge < -0.3 is 19.7 Å². The highest BCUT2D eigenvalue weighted by molar-refractivity contribution is 6.31. The number of benzene rings is 2. The second kappa shape index (κ2) is 10.7. The van der Waals surface area contributed by atoms with Crippen molar-refractivity contribution >= 4 is 46.7 Å². The Bertz CT molecular complexity index is 1000. The van der Waals surface area contributed by atoms with E-state index in [1.807, 2.05) is 6.92 Å². The summed E-state index contributed by atoms with van der Waals surface area (Å²) in [4.78, 5) is 38.9. The minimum Gasteiger partial charge on any atom is -0.495 e. The van der Waals surface area contributed by atoms with Gasteiger partial charge in [0, 0.05) is 34.8 Å². The number of nitrogens with zero attached hydrogens (tertiary/aromatic N) is 1. The molecule has 1 N–H and O–H groups in total. The third-order valence-corrected chi connectivity index (χ3v) is 5.97. The third-order valence-electron chi connectivity index (χ3n) is 5.31. The smallest absolute Gasteiger partial charge is 0.309 e. The summed E-state index contributed by atoms with van der Waals surface area (Å²) in [5.41, 5.74) is 1.78. The average Bonchev–Trinajstić information content (AvgIpc) is 2.80. The van der Waals surface area contributed by atoms with E-state index in [0.29, 0.717) is 53.0 Å². The number of methoxy groups -OCH3 is 1. The Morgan fingerprint density at radius 1 is 1.09 bits per heavy atom. The van der Waals surface area contributed by atoms with E-state index >= 15 is 0 Å². The molecule has 3 rings (SSSR count). The van der Waals surface area contributed by atoms with Gasteiger partial charge in [0.1, 0.15) is 5.75 Å². The maximum atomic E-state index is 12.6. The normalized spacial score (nSPS) is 14.1. The van der Waals surface area contributed by atoms with Crippen LogP contribution >= 0.6 is 23.2 Å². The van der Waals surface area contributed by atoms with Crippen LogP contribution in [0.2, 0.25) is 10.0 Å². The molecule has 0 unspecified atom stereocenters. The summed E-state index contributed by atoms with van der Waals surface area (Å²) in [5.74, 6) is -0.964. The molecule has 1 aliphatic heterocycles. The van der Waals surface area contributed by atoms with Crippen LogP contribution in [-0.2, 0) is 14.3 Å². The first-order chi connectivity index (χ1) is 15.3. The molecule has 1 heterocycles. The predicted octanol–water partition coefficient (Wildman–Crippen LogP) is 4.34. The van der Waals surface area contributed by atoms with Crippen LogP contribution in [0.4, 0.5) is 5.69 Å². The summed E-state index contributed by atoms with van der Waals surface area (Å²) in [6.07, 6.45) is 0.952. The fraction of sp³-hybridized carbons (Fsp3) is 0.348. The van der Waals surface area contributed by atoms with Gasteiger partial charge in [-0.25, -0.2) is 0 Å². The van der Waals surface area contributed by atoms with Crippen LogP contribution in [0.5, 0.6) is 5.75 Å². The van der Waals surface area contributed by atoms with E-state index in [0.717, 1.165) is 5.56 Å². The van der Waals surface area contributed by atoms with Crippen LogP contribution in [-0.4, -0.2) is 49.5 Å². The fourth-order valence-corrected chi connectivity index (χ4v) is 3.74. The first-order valence-corrected chi connectivity index (χ1v) is 10.9. The highest BCUT2D eigenvalue weighted by Crippen LogP contribution is 2.31. The lowest BCUT2D eigenvalue weighted by Gasteiger charge is -2.31. The Labute approximate surface area is 196 Å². The fourth-order valence-electron chi connectivity index (χ4n) is 3.46. The molecule has 2 amide bonds. The first kappa shape index (κ1) is 23.9. The van der Waals surface area contributed by atoms with Crippen molar-refractivity contribution in [1.29, 1.82) is 0 Å². The lowest BCUT2D eigenvalue weighted by molar-refractivity contribution is -0.152. The molecule has 0 aliphatic carbocycles. The van der Waals surface area contributed by atoms with Gasteiger partial charge in [-0.2, -0.15) is 0 Å². The number of anilines is 1. The number of aryl methyl sites for hydroxylation is 1. The quantitative estimate of drug-likeness (QED) is 0.623. The van der Waals surface area contributed by atoms with Gasteiger partial charge in [-0.3, -0.25) is 14.4 Å². The lowest BCUT2D eigenvalue weighted by Crippen LogP contribution is -2.41. The number of hydrogen-bond donors (Lipinski definition) is 1. The molecular weight excluding hydrogens is 455 g/mol. The zero-order chi connectivity index (χ0) is 23.3. The number of carbonyl (C=O) groups excluding carboxylic acids is 3. The van der Waals surface area contributed by atoms with E-state index in [9.17, 15) is 14.4 Å². The highest BCUT2D eigenvalue weighted by atomic mass is 35.5. The molecule has 0 spiro atoms. The van der Waals surface area contributed by atoms with Gasteiger partial charge in [0.15, 0.2) is 6.61 Å². The molecule has 1 saturated heterocycles. The molecule has 2 aromatic rings. The number of hydrogen-bond acceptors (Lipinski definition) is 5. The molecule has 0 saturated carbocycles. The molecular formula is C23H24Cl2N2O5. The van der Waals surface area contributed by atoms with Gasteiger partial charge in [-0.05, 0) is 55.7 Å². The van der Waals surface area contributed by atoms with Crippen molar-refractivity contribution in [3.63, 3.8) is 0 Å². The number of halogens is 2. The van der Waals surface area contributed by atoms with Gasteiger partial charge in [-0.15, -0.1) is 0 Å². The lowest BCUT2D eigenvalue weighted by atomic mass is 9.96. The summed E-state index contributed by atoms with van der Waals surface area (Å²) in [7, 11) is 1.47.